The highest BCUT2D eigenvalue weighted by Gasteiger charge is 2.19. The molecule has 1 heterocycles. The molecule has 18 heavy (non-hydrogen) atoms. The number of nitrogens with two attached hydrogens (primary N) is 1. The van der Waals surface area contributed by atoms with Crippen LogP contribution in [0.5, 0.6) is 0 Å². The maximum Gasteiger partial charge on any atom is 0.343 e. The van der Waals surface area contributed by atoms with Gasteiger partial charge in [-0.05, 0) is 30.8 Å². The number of esters is 1. The van der Waals surface area contributed by atoms with Gasteiger partial charge in [0.05, 0.1) is 12.3 Å². The molecule has 0 saturated heterocycles. The van der Waals surface area contributed by atoms with Crippen molar-refractivity contribution >= 4 is 22.5 Å². The van der Waals surface area contributed by atoms with Gasteiger partial charge in [-0.2, -0.15) is 4.37 Å². The number of aryl methyl sites for hydroxylation is 1. The smallest absolute Gasteiger partial charge is 0.343 e. The van der Waals surface area contributed by atoms with Crippen LogP contribution in [0.1, 0.15) is 55.6 Å². The Morgan fingerprint density at radius 1 is 1.50 bits per heavy atom. The number of nitrogen functional groups attached to an aromatic ring is 1. The topological polar surface area (TPSA) is 65.2 Å². The third kappa shape index (κ3) is 3.98. The van der Waals surface area contributed by atoms with Crippen LogP contribution in [-0.2, 0) is 4.74 Å². The van der Waals surface area contributed by atoms with Gasteiger partial charge in [0.1, 0.15) is 10.6 Å². The van der Waals surface area contributed by atoms with Gasteiger partial charge in [0, 0.05) is 0 Å². The normalized spacial score (nSPS) is 12.4. The molecule has 0 radical (unpaired) electrons. The number of aromatic nitrogens is 1. The molecule has 1 unspecified atom stereocenters. The second-order valence-corrected chi connectivity index (χ2v) is 5.33. The van der Waals surface area contributed by atoms with Crippen LogP contribution in [0, 0.1) is 12.8 Å². The molecule has 0 saturated carbocycles. The van der Waals surface area contributed by atoms with Crippen LogP contribution in [0.4, 0.5) is 5.00 Å². The zero-order valence-electron chi connectivity index (χ0n) is 11.4. The van der Waals surface area contributed by atoms with E-state index >= 15 is 0 Å². The molecule has 0 aliphatic rings. The Morgan fingerprint density at radius 2 is 2.22 bits per heavy atom. The molecular weight excluding hydrogens is 248 g/mol. The van der Waals surface area contributed by atoms with Crippen molar-refractivity contribution in [2.75, 3.05) is 12.3 Å². The van der Waals surface area contributed by atoms with Gasteiger partial charge in [-0.25, -0.2) is 4.79 Å². The second kappa shape index (κ2) is 7.36. The minimum Gasteiger partial charge on any atom is -0.462 e. The van der Waals surface area contributed by atoms with Crippen LogP contribution in [0.2, 0.25) is 0 Å². The van der Waals surface area contributed by atoms with Crippen molar-refractivity contribution in [1.29, 1.82) is 0 Å². The predicted molar refractivity (Wildman–Crippen MR) is 74.9 cm³/mol. The van der Waals surface area contributed by atoms with Gasteiger partial charge in [-0.1, -0.05) is 33.1 Å². The lowest BCUT2D eigenvalue weighted by Crippen LogP contribution is -2.15. The summed E-state index contributed by atoms with van der Waals surface area (Å²) in [7, 11) is 0. The van der Waals surface area contributed by atoms with Crippen molar-refractivity contribution in [3.8, 4) is 0 Å². The Balaban J connectivity index is 2.50. The molecular formula is C13H22N2O2S. The zero-order valence-corrected chi connectivity index (χ0v) is 12.2. The number of unbranched alkanes of at least 4 members (excludes halogenated alkanes) is 1. The highest BCUT2D eigenvalue weighted by molar-refractivity contribution is 7.10. The summed E-state index contributed by atoms with van der Waals surface area (Å²) in [6, 6.07) is 0. The summed E-state index contributed by atoms with van der Waals surface area (Å²) >= 11 is 1.14. The zero-order chi connectivity index (χ0) is 13.5. The van der Waals surface area contributed by atoms with Crippen molar-refractivity contribution in [2.24, 2.45) is 5.92 Å². The standard InChI is InChI=1S/C13H22N2O2S/c1-4-6-7-10(5-2)8-17-13(16)11-9(3)15-18-12(11)14/h10H,4-8,14H2,1-3H3. The van der Waals surface area contributed by atoms with Crippen molar-refractivity contribution in [3.05, 3.63) is 11.3 Å². The lowest BCUT2D eigenvalue weighted by atomic mass is 10.0. The summed E-state index contributed by atoms with van der Waals surface area (Å²) < 4.78 is 9.40. The molecule has 0 bridgehead atoms. The lowest BCUT2D eigenvalue weighted by Gasteiger charge is -2.14. The molecule has 1 aromatic rings. The highest BCUT2D eigenvalue weighted by atomic mass is 32.1. The van der Waals surface area contributed by atoms with Gasteiger partial charge in [0.15, 0.2) is 0 Å². The number of carbonyl (C=O) groups is 1. The molecule has 0 aliphatic heterocycles. The largest absolute Gasteiger partial charge is 0.462 e. The van der Waals surface area contributed by atoms with Crippen molar-refractivity contribution in [3.63, 3.8) is 0 Å². The lowest BCUT2D eigenvalue weighted by molar-refractivity contribution is 0.0429. The van der Waals surface area contributed by atoms with Gasteiger partial charge < -0.3 is 10.5 Å². The minimum absolute atomic E-state index is 0.339. The Labute approximate surface area is 113 Å². The van der Waals surface area contributed by atoms with Crippen molar-refractivity contribution in [1.82, 2.24) is 4.37 Å². The van der Waals surface area contributed by atoms with E-state index in [0.717, 1.165) is 24.4 Å². The molecule has 102 valence electrons. The Morgan fingerprint density at radius 3 is 2.72 bits per heavy atom. The first-order valence-electron chi connectivity index (χ1n) is 6.48. The third-order valence-electron chi connectivity index (χ3n) is 3.09. The molecule has 5 heteroatoms. The van der Waals surface area contributed by atoms with Gasteiger partial charge in [-0.15, -0.1) is 0 Å². The summed E-state index contributed by atoms with van der Waals surface area (Å²) in [4.78, 5) is 11.9. The fourth-order valence-corrected chi connectivity index (χ4v) is 2.45. The second-order valence-electron chi connectivity index (χ2n) is 4.52. The van der Waals surface area contributed by atoms with Crippen LogP contribution in [-0.4, -0.2) is 16.9 Å². The summed E-state index contributed by atoms with van der Waals surface area (Å²) in [5, 5.41) is 0.444. The molecule has 0 spiro atoms. The van der Waals surface area contributed by atoms with Crippen LogP contribution in [0.25, 0.3) is 0 Å². The van der Waals surface area contributed by atoms with Crippen LogP contribution < -0.4 is 5.73 Å². The first kappa shape index (κ1) is 15.0. The van der Waals surface area contributed by atoms with E-state index < -0.39 is 0 Å². The van der Waals surface area contributed by atoms with E-state index in [1.807, 2.05) is 0 Å². The molecule has 0 fully saturated rings. The van der Waals surface area contributed by atoms with Gasteiger partial charge in [-0.3, -0.25) is 0 Å². The Hall–Kier alpha value is -1.10. The molecule has 0 aliphatic carbocycles. The van der Waals surface area contributed by atoms with E-state index in [1.165, 1.54) is 12.8 Å². The fraction of sp³-hybridized carbons (Fsp3) is 0.692. The predicted octanol–water partition coefficient (Wildman–Crippen LogP) is 3.41. The monoisotopic (exact) mass is 270 g/mol. The summed E-state index contributed by atoms with van der Waals surface area (Å²) in [5.74, 6) is 0.107. The number of rotatable bonds is 7. The number of hydrogen-bond donors (Lipinski definition) is 1. The van der Waals surface area contributed by atoms with Crippen molar-refractivity contribution < 1.29 is 9.53 Å². The Kier molecular flexibility index (Phi) is 6.12. The highest BCUT2D eigenvalue weighted by Crippen LogP contribution is 2.22. The summed E-state index contributed by atoms with van der Waals surface area (Å²) in [6.45, 7) is 6.54. The fourth-order valence-electron chi connectivity index (χ4n) is 1.80. The van der Waals surface area contributed by atoms with Gasteiger partial charge in [0.25, 0.3) is 0 Å². The average molecular weight is 270 g/mol. The van der Waals surface area contributed by atoms with E-state index in [2.05, 4.69) is 18.2 Å². The Bertz CT molecular complexity index is 371. The molecule has 1 aromatic heterocycles. The number of carbonyl (C=O) groups excluding carboxylic acids is 1. The van der Waals surface area contributed by atoms with Gasteiger partial charge >= 0.3 is 5.97 Å². The van der Waals surface area contributed by atoms with E-state index in [-0.39, 0.29) is 5.97 Å². The molecule has 0 aromatic carbocycles. The van der Waals surface area contributed by atoms with E-state index in [1.54, 1.807) is 6.92 Å². The van der Waals surface area contributed by atoms with E-state index in [9.17, 15) is 4.79 Å². The quantitative estimate of drug-likeness (QED) is 0.771. The first-order chi connectivity index (χ1) is 8.60. The number of hydrogen-bond acceptors (Lipinski definition) is 5. The molecule has 0 amide bonds. The van der Waals surface area contributed by atoms with Gasteiger partial charge in [0.2, 0.25) is 0 Å². The maximum absolute atomic E-state index is 11.9. The third-order valence-corrected chi connectivity index (χ3v) is 3.85. The van der Waals surface area contributed by atoms with Crippen LogP contribution >= 0.6 is 11.5 Å². The summed E-state index contributed by atoms with van der Waals surface area (Å²) in [6.07, 6.45) is 4.49. The van der Waals surface area contributed by atoms with Crippen molar-refractivity contribution in [2.45, 2.75) is 46.5 Å². The van der Waals surface area contributed by atoms with Crippen LogP contribution in [0.3, 0.4) is 0 Å². The molecule has 1 rings (SSSR count). The first-order valence-corrected chi connectivity index (χ1v) is 7.26. The molecule has 1 atom stereocenters. The number of ether oxygens (including phenoxy) is 1. The SMILES string of the molecule is CCCCC(CC)COC(=O)c1c(C)nsc1N. The summed E-state index contributed by atoms with van der Waals surface area (Å²) in [5.41, 5.74) is 6.81. The van der Waals surface area contributed by atoms with E-state index in [0.29, 0.717) is 28.8 Å². The number of anilines is 1. The maximum atomic E-state index is 11.9. The number of nitrogens with zero attached hydrogens (tertiary/aromatic N) is 1. The minimum atomic E-state index is -0.339. The molecule has 2 N–H and O–H groups in total. The van der Waals surface area contributed by atoms with Crippen LogP contribution in [0.15, 0.2) is 0 Å². The average Bonchev–Trinajstić information content (AvgIpc) is 2.69. The van der Waals surface area contributed by atoms with E-state index in [4.69, 9.17) is 10.5 Å². The molecule has 4 nitrogen and oxygen atoms in total.